The van der Waals surface area contributed by atoms with E-state index in [1.807, 2.05) is 0 Å². The molecule has 0 amide bonds. The van der Waals surface area contributed by atoms with Gasteiger partial charge in [-0.2, -0.15) is 5.26 Å². The van der Waals surface area contributed by atoms with Crippen molar-refractivity contribution in [3.05, 3.63) is 0 Å². The van der Waals surface area contributed by atoms with Crippen LogP contribution in [-0.2, 0) is 9.47 Å². The fourth-order valence-corrected chi connectivity index (χ4v) is 2.57. The molecule has 0 bridgehead atoms. The van der Waals surface area contributed by atoms with E-state index in [1.54, 1.807) is 0 Å². The van der Waals surface area contributed by atoms with Crippen molar-refractivity contribution in [2.24, 2.45) is 5.92 Å². The minimum Gasteiger partial charge on any atom is -0.348 e. The topological polar surface area (TPSA) is 54.3 Å². The van der Waals surface area contributed by atoms with Gasteiger partial charge in [-0.25, -0.2) is 0 Å². The molecule has 1 aliphatic heterocycles. The van der Waals surface area contributed by atoms with Crippen LogP contribution in [0.15, 0.2) is 0 Å². The zero-order chi connectivity index (χ0) is 12.4. The molecule has 4 heteroatoms. The molecule has 17 heavy (non-hydrogen) atoms. The lowest BCUT2D eigenvalue weighted by molar-refractivity contribution is -0.183. The maximum absolute atomic E-state index is 9.39. The van der Waals surface area contributed by atoms with Gasteiger partial charge in [0, 0.05) is 12.8 Å². The molecule has 4 nitrogen and oxygen atoms in total. The maximum Gasteiger partial charge on any atom is 0.168 e. The monoisotopic (exact) mass is 238 g/mol. The summed E-state index contributed by atoms with van der Waals surface area (Å²) in [5.74, 6) is 0.190. The van der Waals surface area contributed by atoms with E-state index in [1.165, 1.54) is 0 Å². The standard InChI is InChI=1S/C13H22N2O2/c1-11(2)9-15-12(10-14)3-5-13(6-4-12)16-7-8-17-13/h11,15H,3-9H2,1-2H3. The second-order valence-electron chi connectivity index (χ2n) is 5.58. The molecule has 1 saturated heterocycles. The molecular formula is C13H22N2O2. The van der Waals surface area contributed by atoms with E-state index in [2.05, 4.69) is 25.2 Å². The number of nitrogens with one attached hydrogen (secondary N) is 1. The van der Waals surface area contributed by atoms with E-state index in [9.17, 15) is 5.26 Å². The van der Waals surface area contributed by atoms with Gasteiger partial charge in [0.1, 0.15) is 5.54 Å². The summed E-state index contributed by atoms with van der Waals surface area (Å²) in [5.41, 5.74) is -0.370. The second kappa shape index (κ2) is 4.93. The number of nitriles is 1. The highest BCUT2D eigenvalue weighted by Crippen LogP contribution is 2.39. The molecule has 2 aliphatic rings. The molecule has 1 saturated carbocycles. The molecular weight excluding hydrogens is 216 g/mol. The maximum atomic E-state index is 9.39. The van der Waals surface area contributed by atoms with Crippen LogP contribution in [-0.4, -0.2) is 31.1 Å². The summed E-state index contributed by atoms with van der Waals surface area (Å²) in [6.45, 7) is 6.59. The first-order valence-corrected chi connectivity index (χ1v) is 6.54. The van der Waals surface area contributed by atoms with Gasteiger partial charge >= 0.3 is 0 Å². The van der Waals surface area contributed by atoms with Crippen LogP contribution >= 0.6 is 0 Å². The summed E-state index contributed by atoms with van der Waals surface area (Å²) in [6, 6.07) is 2.46. The lowest BCUT2D eigenvalue weighted by Crippen LogP contribution is -2.52. The summed E-state index contributed by atoms with van der Waals surface area (Å²) in [5, 5.41) is 12.8. The molecule has 1 N–H and O–H groups in total. The molecule has 2 fully saturated rings. The zero-order valence-electron chi connectivity index (χ0n) is 10.8. The predicted octanol–water partition coefficient (Wildman–Crippen LogP) is 1.81. The third-order valence-electron chi connectivity index (χ3n) is 3.74. The first-order chi connectivity index (χ1) is 8.10. The lowest BCUT2D eigenvalue weighted by atomic mass is 9.79. The Bertz CT molecular complexity index is 293. The van der Waals surface area contributed by atoms with E-state index >= 15 is 0 Å². The Morgan fingerprint density at radius 3 is 2.24 bits per heavy atom. The summed E-state index contributed by atoms with van der Waals surface area (Å²) in [7, 11) is 0. The molecule has 96 valence electrons. The van der Waals surface area contributed by atoms with Gasteiger partial charge in [-0.15, -0.1) is 0 Å². The van der Waals surface area contributed by atoms with Crippen LogP contribution < -0.4 is 5.32 Å². The summed E-state index contributed by atoms with van der Waals surface area (Å²) < 4.78 is 11.4. The normalized spacial score (nSPS) is 26.2. The Morgan fingerprint density at radius 2 is 1.76 bits per heavy atom. The number of hydrogen-bond acceptors (Lipinski definition) is 4. The minimum absolute atomic E-state index is 0.370. The van der Waals surface area contributed by atoms with E-state index in [0.717, 1.165) is 32.2 Å². The summed E-state index contributed by atoms with van der Waals surface area (Å²) in [6.07, 6.45) is 3.28. The van der Waals surface area contributed by atoms with E-state index in [4.69, 9.17) is 9.47 Å². The van der Waals surface area contributed by atoms with Gasteiger partial charge in [-0.3, -0.25) is 5.32 Å². The third-order valence-corrected chi connectivity index (χ3v) is 3.74. The van der Waals surface area contributed by atoms with Crippen LogP contribution in [0.25, 0.3) is 0 Å². The molecule has 1 spiro atoms. The largest absolute Gasteiger partial charge is 0.348 e. The van der Waals surface area contributed by atoms with Gasteiger partial charge in [0.2, 0.25) is 0 Å². The molecule has 2 rings (SSSR count). The third kappa shape index (κ3) is 2.79. The van der Waals surface area contributed by atoms with E-state index < -0.39 is 0 Å². The highest BCUT2D eigenvalue weighted by Gasteiger charge is 2.46. The first-order valence-electron chi connectivity index (χ1n) is 6.54. The van der Waals surface area contributed by atoms with Gasteiger partial charge in [0.15, 0.2) is 5.79 Å². The van der Waals surface area contributed by atoms with Crippen molar-refractivity contribution in [2.75, 3.05) is 19.8 Å². The zero-order valence-corrected chi connectivity index (χ0v) is 10.8. The second-order valence-corrected chi connectivity index (χ2v) is 5.58. The summed E-state index contributed by atoms with van der Waals surface area (Å²) in [4.78, 5) is 0. The van der Waals surface area contributed by atoms with Crippen LogP contribution in [0.3, 0.4) is 0 Å². The summed E-state index contributed by atoms with van der Waals surface area (Å²) >= 11 is 0. The van der Waals surface area contributed by atoms with E-state index in [0.29, 0.717) is 19.1 Å². The van der Waals surface area contributed by atoms with Crippen LogP contribution in [0.2, 0.25) is 0 Å². The van der Waals surface area contributed by atoms with Crippen molar-refractivity contribution in [1.82, 2.24) is 5.32 Å². The predicted molar refractivity (Wildman–Crippen MR) is 64.3 cm³/mol. The Balaban J connectivity index is 1.92. The Morgan fingerprint density at radius 1 is 1.18 bits per heavy atom. The number of nitrogens with zero attached hydrogens (tertiary/aromatic N) is 1. The van der Waals surface area contributed by atoms with Gasteiger partial charge in [0.25, 0.3) is 0 Å². The average Bonchev–Trinajstić information content (AvgIpc) is 2.78. The van der Waals surface area contributed by atoms with E-state index in [-0.39, 0.29) is 11.3 Å². The van der Waals surface area contributed by atoms with Crippen molar-refractivity contribution in [2.45, 2.75) is 50.9 Å². The smallest absolute Gasteiger partial charge is 0.168 e. The number of ether oxygens (including phenoxy) is 2. The molecule has 1 heterocycles. The van der Waals surface area contributed by atoms with Crippen molar-refractivity contribution in [1.29, 1.82) is 5.26 Å². The number of hydrogen-bond donors (Lipinski definition) is 1. The molecule has 0 aromatic heterocycles. The van der Waals surface area contributed by atoms with Gasteiger partial charge in [-0.1, -0.05) is 13.8 Å². The van der Waals surface area contributed by atoms with Gasteiger partial charge in [-0.05, 0) is 25.3 Å². The van der Waals surface area contributed by atoms with Crippen molar-refractivity contribution < 1.29 is 9.47 Å². The molecule has 0 unspecified atom stereocenters. The Labute approximate surface area is 103 Å². The SMILES string of the molecule is CC(C)CNC1(C#N)CCC2(CC1)OCCO2. The number of rotatable bonds is 3. The molecule has 0 aromatic rings. The quantitative estimate of drug-likeness (QED) is 0.814. The fraction of sp³-hybridized carbons (Fsp3) is 0.923. The van der Waals surface area contributed by atoms with Crippen molar-refractivity contribution in [3.63, 3.8) is 0 Å². The van der Waals surface area contributed by atoms with Crippen LogP contribution in [0.1, 0.15) is 39.5 Å². The lowest BCUT2D eigenvalue weighted by Gasteiger charge is -2.40. The molecule has 0 radical (unpaired) electrons. The van der Waals surface area contributed by atoms with Gasteiger partial charge in [0.05, 0.1) is 19.3 Å². The molecule has 0 atom stereocenters. The fourth-order valence-electron chi connectivity index (χ4n) is 2.57. The van der Waals surface area contributed by atoms with Crippen LogP contribution in [0.5, 0.6) is 0 Å². The Hall–Kier alpha value is -0.630. The van der Waals surface area contributed by atoms with Gasteiger partial charge < -0.3 is 9.47 Å². The molecule has 0 aromatic carbocycles. The molecule has 1 aliphatic carbocycles. The Kier molecular flexibility index (Phi) is 3.72. The van der Waals surface area contributed by atoms with Crippen LogP contribution in [0, 0.1) is 17.2 Å². The first kappa shape index (κ1) is 12.8. The van der Waals surface area contributed by atoms with Crippen LogP contribution in [0.4, 0.5) is 0 Å². The van der Waals surface area contributed by atoms with Crippen molar-refractivity contribution in [3.8, 4) is 6.07 Å². The highest BCUT2D eigenvalue weighted by atomic mass is 16.7. The average molecular weight is 238 g/mol. The minimum atomic E-state index is -0.375. The highest BCUT2D eigenvalue weighted by molar-refractivity contribution is 5.11. The van der Waals surface area contributed by atoms with Crippen molar-refractivity contribution >= 4 is 0 Å².